The zero-order chi connectivity index (χ0) is 13.2. The molecule has 0 radical (unpaired) electrons. The third-order valence-corrected chi connectivity index (χ3v) is 4.34. The highest BCUT2D eigenvalue weighted by molar-refractivity contribution is 5.82. The molecule has 1 aromatic rings. The van der Waals surface area contributed by atoms with Crippen molar-refractivity contribution in [2.24, 2.45) is 11.7 Å². The Hall–Kier alpha value is -1.35. The number of nitrogens with two attached hydrogens (primary N) is 1. The Morgan fingerprint density at radius 1 is 1.11 bits per heavy atom. The summed E-state index contributed by atoms with van der Waals surface area (Å²) in [5.41, 5.74) is 7.35. The van der Waals surface area contributed by atoms with E-state index in [2.05, 4.69) is 24.3 Å². The summed E-state index contributed by atoms with van der Waals surface area (Å²) in [6.07, 6.45) is 4.36. The third kappa shape index (κ3) is 2.98. The van der Waals surface area contributed by atoms with Gasteiger partial charge in [0.15, 0.2) is 0 Å². The van der Waals surface area contributed by atoms with Gasteiger partial charge >= 0.3 is 0 Å². The molecule has 102 valence electrons. The van der Waals surface area contributed by atoms with Gasteiger partial charge in [-0.15, -0.1) is 0 Å². The monoisotopic (exact) mass is 258 g/mol. The van der Waals surface area contributed by atoms with Crippen LogP contribution in [-0.4, -0.2) is 29.9 Å². The summed E-state index contributed by atoms with van der Waals surface area (Å²) in [5.74, 6) is 1.33. The van der Waals surface area contributed by atoms with Crippen molar-refractivity contribution >= 4 is 5.91 Å². The molecule has 1 heterocycles. The summed E-state index contributed by atoms with van der Waals surface area (Å²) in [6, 6.07) is 10.2. The van der Waals surface area contributed by atoms with E-state index in [1.807, 2.05) is 11.0 Å². The van der Waals surface area contributed by atoms with Crippen LogP contribution < -0.4 is 5.73 Å². The van der Waals surface area contributed by atoms with Crippen molar-refractivity contribution in [1.29, 1.82) is 0 Å². The van der Waals surface area contributed by atoms with Crippen LogP contribution in [0.1, 0.15) is 37.2 Å². The van der Waals surface area contributed by atoms with Crippen LogP contribution >= 0.6 is 0 Å². The minimum absolute atomic E-state index is 0.158. The lowest BCUT2D eigenvalue weighted by Crippen LogP contribution is -2.43. The second-order valence-corrected chi connectivity index (χ2v) is 5.98. The van der Waals surface area contributed by atoms with Crippen LogP contribution in [-0.2, 0) is 4.79 Å². The van der Waals surface area contributed by atoms with Crippen LogP contribution in [0.4, 0.5) is 0 Å². The quantitative estimate of drug-likeness (QED) is 0.902. The van der Waals surface area contributed by atoms with E-state index in [1.54, 1.807) is 0 Å². The Morgan fingerprint density at radius 3 is 2.53 bits per heavy atom. The molecule has 1 saturated carbocycles. The van der Waals surface area contributed by atoms with Gasteiger partial charge in [-0.3, -0.25) is 4.79 Å². The molecule has 1 amide bonds. The number of carbonyl (C=O) groups is 1. The first-order valence-corrected chi connectivity index (χ1v) is 7.33. The van der Waals surface area contributed by atoms with Gasteiger partial charge in [0, 0.05) is 19.0 Å². The first-order chi connectivity index (χ1) is 9.24. The SMILES string of the molecule is N[C@@H]1CC[C@H](c2ccccc2)CN(CC2CC2)C1=O. The van der Waals surface area contributed by atoms with Gasteiger partial charge in [0.05, 0.1) is 6.04 Å². The minimum Gasteiger partial charge on any atom is -0.340 e. The average molecular weight is 258 g/mol. The normalized spacial score (nSPS) is 28.3. The summed E-state index contributed by atoms with van der Waals surface area (Å²) < 4.78 is 0. The molecular weight excluding hydrogens is 236 g/mol. The van der Waals surface area contributed by atoms with Gasteiger partial charge in [-0.05, 0) is 37.2 Å². The van der Waals surface area contributed by atoms with Crippen molar-refractivity contribution < 1.29 is 4.79 Å². The predicted molar refractivity (Wildman–Crippen MR) is 75.7 cm³/mol. The molecule has 2 fully saturated rings. The van der Waals surface area contributed by atoms with Crippen LogP contribution in [0, 0.1) is 5.92 Å². The summed E-state index contributed by atoms with van der Waals surface area (Å²) in [7, 11) is 0. The average Bonchev–Trinajstić information content (AvgIpc) is 3.26. The number of hydrogen-bond donors (Lipinski definition) is 1. The number of likely N-dealkylation sites (tertiary alicyclic amines) is 1. The van der Waals surface area contributed by atoms with Crippen LogP contribution in [0.5, 0.6) is 0 Å². The van der Waals surface area contributed by atoms with E-state index < -0.39 is 0 Å². The highest BCUT2D eigenvalue weighted by atomic mass is 16.2. The highest BCUT2D eigenvalue weighted by Gasteiger charge is 2.33. The van der Waals surface area contributed by atoms with E-state index in [4.69, 9.17) is 5.73 Å². The van der Waals surface area contributed by atoms with E-state index in [0.29, 0.717) is 5.92 Å². The van der Waals surface area contributed by atoms with Crippen LogP contribution in [0.25, 0.3) is 0 Å². The van der Waals surface area contributed by atoms with Crippen molar-refractivity contribution in [3.63, 3.8) is 0 Å². The Morgan fingerprint density at radius 2 is 1.84 bits per heavy atom. The fraction of sp³-hybridized carbons (Fsp3) is 0.562. The molecule has 19 heavy (non-hydrogen) atoms. The van der Waals surface area contributed by atoms with E-state index >= 15 is 0 Å². The third-order valence-electron chi connectivity index (χ3n) is 4.34. The number of carbonyl (C=O) groups excluding carboxylic acids is 1. The highest BCUT2D eigenvalue weighted by Crippen LogP contribution is 2.33. The molecule has 3 rings (SSSR count). The van der Waals surface area contributed by atoms with Gasteiger partial charge in [0.1, 0.15) is 0 Å². The second-order valence-electron chi connectivity index (χ2n) is 5.98. The first kappa shape index (κ1) is 12.7. The molecule has 0 unspecified atom stereocenters. The van der Waals surface area contributed by atoms with Crippen molar-refractivity contribution in [3.8, 4) is 0 Å². The molecule has 2 atom stereocenters. The van der Waals surface area contributed by atoms with Crippen LogP contribution in [0.15, 0.2) is 30.3 Å². The Bertz CT molecular complexity index is 441. The van der Waals surface area contributed by atoms with Crippen molar-refractivity contribution in [2.45, 2.75) is 37.6 Å². The first-order valence-electron chi connectivity index (χ1n) is 7.33. The van der Waals surface area contributed by atoms with Gasteiger partial charge in [-0.25, -0.2) is 0 Å². The zero-order valence-electron chi connectivity index (χ0n) is 11.3. The molecule has 3 heteroatoms. The molecule has 1 aromatic carbocycles. The summed E-state index contributed by atoms with van der Waals surface area (Å²) in [5, 5.41) is 0. The molecule has 0 aromatic heterocycles. The van der Waals surface area contributed by atoms with Gasteiger partial charge in [0.25, 0.3) is 0 Å². The summed E-state index contributed by atoms with van der Waals surface area (Å²) >= 11 is 0. The van der Waals surface area contributed by atoms with E-state index in [-0.39, 0.29) is 11.9 Å². The number of rotatable bonds is 3. The molecule has 0 spiro atoms. The minimum atomic E-state index is -0.299. The maximum absolute atomic E-state index is 12.3. The number of benzene rings is 1. The molecule has 2 N–H and O–H groups in total. The van der Waals surface area contributed by atoms with Crippen molar-refractivity contribution in [2.75, 3.05) is 13.1 Å². The zero-order valence-corrected chi connectivity index (χ0v) is 11.3. The lowest BCUT2D eigenvalue weighted by Gasteiger charge is -2.25. The maximum Gasteiger partial charge on any atom is 0.239 e. The molecular formula is C16H22N2O. The number of nitrogens with zero attached hydrogens (tertiary/aromatic N) is 1. The molecule has 1 saturated heterocycles. The van der Waals surface area contributed by atoms with Gasteiger partial charge < -0.3 is 10.6 Å². The second kappa shape index (κ2) is 5.33. The molecule has 2 aliphatic rings. The topological polar surface area (TPSA) is 46.3 Å². The van der Waals surface area contributed by atoms with Crippen LogP contribution in [0.2, 0.25) is 0 Å². The Labute approximate surface area is 114 Å². The Kier molecular flexibility index (Phi) is 3.56. The molecule has 3 nitrogen and oxygen atoms in total. The fourth-order valence-electron chi connectivity index (χ4n) is 2.96. The fourth-order valence-corrected chi connectivity index (χ4v) is 2.96. The smallest absolute Gasteiger partial charge is 0.239 e. The maximum atomic E-state index is 12.3. The molecule has 0 bridgehead atoms. The number of amides is 1. The van der Waals surface area contributed by atoms with Crippen LogP contribution in [0.3, 0.4) is 0 Å². The van der Waals surface area contributed by atoms with Crippen molar-refractivity contribution in [3.05, 3.63) is 35.9 Å². The number of hydrogen-bond acceptors (Lipinski definition) is 2. The lowest BCUT2D eigenvalue weighted by atomic mass is 9.94. The van der Waals surface area contributed by atoms with E-state index in [1.165, 1.54) is 18.4 Å². The van der Waals surface area contributed by atoms with Crippen molar-refractivity contribution in [1.82, 2.24) is 4.90 Å². The van der Waals surface area contributed by atoms with E-state index in [9.17, 15) is 4.79 Å². The molecule has 1 aliphatic heterocycles. The Balaban J connectivity index is 1.76. The van der Waals surface area contributed by atoms with Gasteiger partial charge in [-0.2, -0.15) is 0 Å². The van der Waals surface area contributed by atoms with E-state index in [0.717, 1.165) is 31.8 Å². The largest absolute Gasteiger partial charge is 0.340 e. The van der Waals surface area contributed by atoms with Gasteiger partial charge in [-0.1, -0.05) is 30.3 Å². The standard InChI is InChI=1S/C16H22N2O/c17-15-9-8-14(13-4-2-1-3-5-13)11-18(16(15)19)10-12-6-7-12/h1-5,12,14-15H,6-11,17H2/t14-,15+/m0/s1. The van der Waals surface area contributed by atoms with Gasteiger partial charge in [0.2, 0.25) is 5.91 Å². The summed E-state index contributed by atoms with van der Waals surface area (Å²) in [4.78, 5) is 14.3. The molecule has 1 aliphatic carbocycles. The predicted octanol–water partition coefficient (Wildman–Crippen LogP) is 2.13. The lowest BCUT2D eigenvalue weighted by molar-refractivity contribution is -0.132. The summed E-state index contributed by atoms with van der Waals surface area (Å²) in [6.45, 7) is 1.75.